The van der Waals surface area contributed by atoms with Gasteiger partial charge in [0.05, 0.1) is 12.0 Å². The van der Waals surface area contributed by atoms with Gasteiger partial charge in [0.25, 0.3) is 5.91 Å². The van der Waals surface area contributed by atoms with Crippen molar-refractivity contribution in [1.82, 2.24) is 10.3 Å². The Morgan fingerprint density at radius 1 is 1.14 bits per heavy atom. The minimum atomic E-state index is -0.266. The van der Waals surface area contributed by atoms with Crippen LogP contribution in [-0.2, 0) is 11.2 Å². The van der Waals surface area contributed by atoms with Gasteiger partial charge in [-0.05, 0) is 29.8 Å². The Balaban J connectivity index is 2.01. The molecule has 5 nitrogen and oxygen atoms in total. The van der Waals surface area contributed by atoms with Gasteiger partial charge in [-0.1, -0.05) is 23.7 Å². The standard InChI is InChI=1S/C15H14ClN3O2/c1-17-14(20)8-10-2-5-12(6-3-10)19-15(21)11-4-7-13(16)18-9-11/h2-7,9H,8H2,1H3,(H,17,20)(H,19,21). The third kappa shape index (κ3) is 4.29. The number of rotatable bonds is 4. The van der Waals surface area contributed by atoms with Gasteiger partial charge < -0.3 is 10.6 Å². The minimum absolute atomic E-state index is 0.0565. The highest BCUT2D eigenvalue weighted by Gasteiger charge is 2.07. The van der Waals surface area contributed by atoms with Crippen molar-refractivity contribution < 1.29 is 9.59 Å². The fraction of sp³-hybridized carbons (Fsp3) is 0.133. The number of hydrogen-bond donors (Lipinski definition) is 2. The van der Waals surface area contributed by atoms with Gasteiger partial charge in [0.15, 0.2) is 0 Å². The van der Waals surface area contributed by atoms with Gasteiger partial charge in [-0.2, -0.15) is 0 Å². The number of carbonyl (C=O) groups excluding carboxylic acids is 2. The molecule has 0 aliphatic heterocycles. The molecule has 0 atom stereocenters. The van der Waals surface area contributed by atoms with Crippen LogP contribution in [0.3, 0.4) is 0 Å². The normalized spacial score (nSPS) is 10.0. The van der Waals surface area contributed by atoms with Crippen molar-refractivity contribution in [2.24, 2.45) is 0 Å². The molecule has 0 saturated heterocycles. The number of halogens is 1. The molecule has 0 spiro atoms. The minimum Gasteiger partial charge on any atom is -0.359 e. The van der Waals surface area contributed by atoms with E-state index in [4.69, 9.17) is 11.6 Å². The van der Waals surface area contributed by atoms with Crippen LogP contribution >= 0.6 is 11.6 Å². The molecule has 1 aromatic carbocycles. The first-order chi connectivity index (χ1) is 10.1. The molecule has 6 heteroatoms. The lowest BCUT2D eigenvalue weighted by atomic mass is 10.1. The maximum Gasteiger partial charge on any atom is 0.257 e. The molecule has 2 amide bonds. The van der Waals surface area contributed by atoms with Crippen molar-refractivity contribution in [3.8, 4) is 0 Å². The predicted molar refractivity (Wildman–Crippen MR) is 81.4 cm³/mol. The van der Waals surface area contributed by atoms with Crippen LogP contribution < -0.4 is 10.6 Å². The van der Waals surface area contributed by atoms with E-state index < -0.39 is 0 Å². The summed E-state index contributed by atoms with van der Waals surface area (Å²) in [4.78, 5) is 27.1. The molecule has 0 aliphatic rings. The van der Waals surface area contributed by atoms with Gasteiger partial charge in [0.1, 0.15) is 5.15 Å². The van der Waals surface area contributed by atoms with Crippen LogP contribution in [0.4, 0.5) is 5.69 Å². The molecule has 108 valence electrons. The number of benzene rings is 1. The number of anilines is 1. The van der Waals surface area contributed by atoms with Crippen LogP contribution in [0.15, 0.2) is 42.6 Å². The zero-order valence-electron chi connectivity index (χ0n) is 11.4. The largest absolute Gasteiger partial charge is 0.359 e. The zero-order chi connectivity index (χ0) is 15.2. The number of likely N-dealkylation sites (N-methyl/N-ethyl adjacent to an activating group) is 1. The van der Waals surface area contributed by atoms with Crippen molar-refractivity contribution >= 4 is 29.1 Å². The molecule has 2 N–H and O–H groups in total. The van der Waals surface area contributed by atoms with Crippen molar-refractivity contribution in [3.63, 3.8) is 0 Å². The highest BCUT2D eigenvalue weighted by Crippen LogP contribution is 2.12. The maximum absolute atomic E-state index is 12.0. The lowest BCUT2D eigenvalue weighted by Gasteiger charge is -2.06. The molecular formula is C15H14ClN3O2. The number of nitrogens with one attached hydrogen (secondary N) is 2. The predicted octanol–water partition coefficient (Wildman–Crippen LogP) is 2.28. The van der Waals surface area contributed by atoms with E-state index in [1.165, 1.54) is 6.20 Å². The Kier molecular flexibility index (Phi) is 4.90. The topological polar surface area (TPSA) is 71.1 Å². The fourth-order valence-corrected chi connectivity index (χ4v) is 1.80. The molecule has 0 fully saturated rings. The zero-order valence-corrected chi connectivity index (χ0v) is 12.1. The van der Waals surface area contributed by atoms with E-state index in [1.54, 1.807) is 43.4 Å². The van der Waals surface area contributed by atoms with Gasteiger partial charge in [-0.3, -0.25) is 9.59 Å². The van der Waals surface area contributed by atoms with Gasteiger partial charge in [-0.15, -0.1) is 0 Å². The molecule has 21 heavy (non-hydrogen) atoms. The average Bonchev–Trinajstić information content (AvgIpc) is 2.49. The molecule has 0 aliphatic carbocycles. The second kappa shape index (κ2) is 6.85. The Labute approximate surface area is 127 Å². The third-order valence-electron chi connectivity index (χ3n) is 2.84. The lowest BCUT2D eigenvalue weighted by Crippen LogP contribution is -2.19. The van der Waals surface area contributed by atoms with E-state index in [2.05, 4.69) is 15.6 Å². The Hall–Kier alpha value is -2.40. The van der Waals surface area contributed by atoms with E-state index in [9.17, 15) is 9.59 Å². The lowest BCUT2D eigenvalue weighted by molar-refractivity contribution is -0.119. The first kappa shape index (κ1) is 15.0. The maximum atomic E-state index is 12.0. The van der Waals surface area contributed by atoms with E-state index >= 15 is 0 Å². The van der Waals surface area contributed by atoms with Gasteiger partial charge in [0.2, 0.25) is 5.91 Å². The smallest absolute Gasteiger partial charge is 0.257 e. The van der Waals surface area contributed by atoms with Crippen molar-refractivity contribution in [3.05, 3.63) is 58.9 Å². The molecule has 1 heterocycles. The molecule has 2 aromatic rings. The first-order valence-corrected chi connectivity index (χ1v) is 6.68. The van der Waals surface area contributed by atoms with Crippen molar-refractivity contribution in [1.29, 1.82) is 0 Å². The summed E-state index contributed by atoms with van der Waals surface area (Å²) in [5, 5.41) is 5.65. The Morgan fingerprint density at radius 3 is 2.43 bits per heavy atom. The summed E-state index contributed by atoms with van der Waals surface area (Å²) >= 11 is 5.67. The van der Waals surface area contributed by atoms with Crippen LogP contribution in [0.1, 0.15) is 15.9 Å². The summed E-state index contributed by atoms with van der Waals surface area (Å²) in [6.45, 7) is 0. The van der Waals surface area contributed by atoms with Gasteiger partial charge >= 0.3 is 0 Å². The molecular weight excluding hydrogens is 290 g/mol. The second-order valence-corrected chi connectivity index (χ2v) is 4.76. The van der Waals surface area contributed by atoms with E-state index in [1.807, 2.05) is 0 Å². The summed E-state index contributed by atoms with van der Waals surface area (Å²) in [7, 11) is 1.59. The van der Waals surface area contributed by atoms with Crippen LogP contribution in [0.2, 0.25) is 5.15 Å². The number of nitrogens with zero attached hydrogens (tertiary/aromatic N) is 1. The molecule has 1 aromatic heterocycles. The van der Waals surface area contributed by atoms with Crippen LogP contribution in [0, 0.1) is 0 Å². The van der Waals surface area contributed by atoms with Gasteiger partial charge in [-0.25, -0.2) is 4.98 Å². The Morgan fingerprint density at radius 2 is 1.86 bits per heavy atom. The molecule has 0 saturated carbocycles. The monoisotopic (exact) mass is 303 g/mol. The second-order valence-electron chi connectivity index (χ2n) is 4.37. The van der Waals surface area contributed by atoms with Crippen molar-refractivity contribution in [2.45, 2.75) is 6.42 Å². The number of amides is 2. The Bertz CT molecular complexity index is 639. The van der Waals surface area contributed by atoms with Crippen molar-refractivity contribution in [2.75, 3.05) is 12.4 Å². The van der Waals surface area contributed by atoms with Crippen LogP contribution in [-0.4, -0.2) is 23.8 Å². The first-order valence-electron chi connectivity index (χ1n) is 6.31. The van der Waals surface area contributed by atoms with Gasteiger partial charge in [0, 0.05) is 18.9 Å². The van der Waals surface area contributed by atoms with E-state index in [0.717, 1.165) is 5.56 Å². The fourth-order valence-electron chi connectivity index (χ4n) is 1.69. The number of aromatic nitrogens is 1. The number of carbonyl (C=O) groups is 2. The third-order valence-corrected chi connectivity index (χ3v) is 3.07. The van der Waals surface area contributed by atoms with E-state index in [-0.39, 0.29) is 11.8 Å². The highest BCUT2D eigenvalue weighted by molar-refractivity contribution is 6.29. The SMILES string of the molecule is CNC(=O)Cc1ccc(NC(=O)c2ccc(Cl)nc2)cc1. The van der Waals surface area contributed by atoms with Crippen LogP contribution in [0.25, 0.3) is 0 Å². The summed E-state index contributed by atoms with van der Waals surface area (Å²) in [6, 6.07) is 10.3. The highest BCUT2D eigenvalue weighted by atomic mass is 35.5. The average molecular weight is 304 g/mol. The number of pyridine rings is 1. The summed E-state index contributed by atoms with van der Waals surface area (Å²) < 4.78 is 0. The molecule has 2 rings (SSSR count). The quantitative estimate of drug-likeness (QED) is 0.851. The molecule has 0 unspecified atom stereocenters. The molecule has 0 bridgehead atoms. The molecule has 0 radical (unpaired) electrons. The van der Waals surface area contributed by atoms with E-state index in [0.29, 0.717) is 22.8 Å². The van der Waals surface area contributed by atoms with Crippen LogP contribution in [0.5, 0.6) is 0 Å². The number of hydrogen-bond acceptors (Lipinski definition) is 3. The summed E-state index contributed by atoms with van der Waals surface area (Å²) in [5.74, 6) is -0.322. The summed E-state index contributed by atoms with van der Waals surface area (Å²) in [6.07, 6.45) is 1.73. The summed E-state index contributed by atoms with van der Waals surface area (Å²) in [5.41, 5.74) is 1.95.